The Balaban J connectivity index is 2.16. The van der Waals surface area contributed by atoms with E-state index < -0.39 is 0 Å². The van der Waals surface area contributed by atoms with Crippen molar-refractivity contribution in [1.82, 2.24) is 10.2 Å². The quantitative estimate of drug-likeness (QED) is 0.819. The molecule has 2 amide bonds. The highest BCUT2D eigenvalue weighted by Gasteiger charge is 2.45. The molecule has 0 spiro atoms. The van der Waals surface area contributed by atoms with Gasteiger partial charge in [-0.2, -0.15) is 11.8 Å². The summed E-state index contributed by atoms with van der Waals surface area (Å²) in [6.45, 7) is 6.89. The number of nitrogens with zero attached hydrogens (tertiary/aromatic N) is 1. The molecule has 2 atom stereocenters. The number of piperazine rings is 1. The fourth-order valence-electron chi connectivity index (χ4n) is 3.36. The van der Waals surface area contributed by atoms with Crippen molar-refractivity contribution in [2.75, 3.05) is 12.8 Å². The maximum absolute atomic E-state index is 12.8. The molecule has 120 valence electrons. The average Bonchev–Trinajstić information content (AvgIpc) is 2.38. The van der Waals surface area contributed by atoms with Crippen LogP contribution in [0.3, 0.4) is 0 Å². The molecule has 1 saturated carbocycles. The van der Waals surface area contributed by atoms with Gasteiger partial charge in [-0.3, -0.25) is 9.59 Å². The highest BCUT2D eigenvalue weighted by Crippen LogP contribution is 2.44. The first kappa shape index (κ1) is 16.7. The maximum atomic E-state index is 12.8. The largest absolute Gasteiger partial charge is 0.342 e. The minimum absolute atomic E-state index is 0.0262. The van der Waals surface area contributed by atoms with Crippen molar-refractivity contribution in [3.63, 3.8) is 0 Å². The number of rotatable bonds is 6. The van der Waals surface area contributed by atoms with Crippen LogP contribution in [0.15, 0.2) is 0 Å². The van der Waals surface area contributed by atoms with Crippen LogP contribution in [-0.2, 0) is 9.59 Å². The summed E-state index contributed by atoms with van der Waals surface area (Å²) in [5.41, 5.74) is 0. The molecule has 1 aliphatic heterocycles. The first-order valence-corrected chi connectivity index (χ1v) is 9.31. The molecule has 1 aliphatic carbocycles. The highest BCUT2D eigenvalue weighted by molar-refractivity contribution is 8.00. The van der Waals surface area contributed by atoms with Crippen molar-refractivity contribution in [1.29, 1.82) is 0 Å². The Kier molecular flexibility index (Phi) is 5.23. The summed E-state index contributed by atoms with van der Waals surface area (Å²) >= 11 is 1.86. The van der Waals surface area contributed by atoms with Crippen LogP contribution in [0.5, 0.6) is 0 Å². The van der Waals surface area contributed by atoms with E-state index in [-0.39, 0.29) is 28.6 Å². The van der Waals surface area contributed by atoms with E-state index in [1.54, 1.807) is 0 Å². The summed E-state index contributed by atoms with van der Waals surface area (Å²) in [6, 6.07) is -0.621. The van der Waals surface area contributed by atoms with Gasteiger partial charge in [0.15, 0.2) is 0 Å². The molecule has 5 heteroatoms. The molecule has 0 aromatic rings. The Labute approximate surface area is 132 Å². The summed E-state index contributed by atoms with van der Waals surface area (Å²) in [5, 5.41) is 2.93. The van der Waals surface area contributed by atoms with Gasteiger partial charge >= 0.3 is 0 Å². The lowest BCUT2D eigenvalue weighted by Gasteiger charge is -2.48. The molecule has 2 rings (SSSR count). The third-order valence-corrected chi connectivity index (χ3v) is 6.23. The molecule has 0 radical (unpaired) electrons. The van der Waals surface area contributed by atoms with Gasteiger partial charge in [-0.1, -0.05) is 27.2 Å². The molecule has 2 unspecified atom stereocenters. The fourth-order valence-corrected chi connectivity index (χ4v) is 4.32. The number of nitrogens with one attached hydrogen (secondary N) is 1. The molecule has 0 bridgehead atoms. The van der Waals surface area contributed by atoms with Crippen molar-refractivity contribution >= 4 is 23.6 Å². The number of thioether (sulfide) groups is 1. The highest BCUT2D eigenvalue weighted by atomic mass is 32.2. The molecular weight excluding hydrogens is 284 g/mol. The molecule has 0 aromatic carbocycles. The van der Waals surface area contributed by atoms with E-state index >= 15 is 0 Å². The van der Waals surface area contributed by atoms with Gasteiger partial charge in [0.2, 0.25) is 11.8 Å². The van der Waals surface area contributed by atoms with Crippen LogP contribution in [0.1, 0.15) is 52.9 Å². The molecule has 1 N–H and O–H groups in total. The predicted molar refractivity (Wildman–Crippen MR) is 87.3 cm³/mol. The van der Waals surface area contributed by atoms with Crippen molar-refractivity contribution in [2.24, 2.45) is 5.92 Å². The zero-order valence-electron chi connectivity index (χ0n) is 13.6. The number of amides is 2. The normalized spacial score (nSPS) is 28.5. The molecule has 0 aromatic heterocycles. The van der Waals surface area contributed by atoms with Gasteiger partial charge in [-0.15, -0.1) is 0 Å². The number of carbonyl (C=O) groups is 2. The second-order valence-corrected chi connectivity index (χ2v) is 8.10. The van der Waals surface area contributed by atoms with Gasteiger partial charge in [-0.05, 0) is 37.9 Å². The Hall–Kier alpha value is -0.710. The predicted octanol–water partition coefficient (Wildman–Crippen LogP) is 2.42. The van der Waals surface area contributed by atoms with E-state index in [2.05, 4.69) is 25.4 Å². The lowest BCUT2D eigenvalue weighted by atomic mass is 9.82. The molecule has 4 nitrogen and oxygen atoms in total. The van der Waals surface area contributed by atoms with E-state index in [1.807, 2.05) is 23.6 Å². The summed E-state index contributed by atoms with van der Waals surface area (Å²) in [7, 11) is 0. The van der Waals surface area contributed by atoms with Crippen molar-refractivity contribution in [3.05, 3.63) is 0 Å². The van der Waals surface area contributed by atoms with Crippen molar-refractivity contribution in [2.45, 2.75) is 69.7 Å². The molecular formula is C16H28N2O2S. The van der Waals surface area contributed by atoms with E-state index in [9.17, 15) is 9.59 Å². The minimum atomic E-state index is -0.334. The van der Waals surface area contributed by atoms with Gasteiger partial charge in [0.1, 0.15) is 12.1 Å². The second kappa shape index (κ2) is 6.59. The molecule has 1 heterocycles. The van der Waals surface area contributed by atoms with Crippen molar-refractivity contribution in [3.8, 4) is 0 Å². The van der Waals surface area contributed by atoms with Crippen LogP contribution < -0.4 is 5.32 Å². The van der Waals surface area contributed by atoms with Gasteiger partial charge in [-0.25, -0.2) is 0 Å². The SMILES string of the molecule is CCC1C(=O)NC(CC(C)C)C(=O)N1CC1(SC)CCC1. The smallest absolute Gasteiger partial charge is 0.245 e. The lowest BCUT2D eigenvalue weighted by Crippen LogP contribution is -2.66. The standard InChI is InChI=1S/C16H28N2O2S/c1-5-13-14(19)17-12(9-11(2)3)15(20)18(13)10-16(21-4)7-6-8-16/h11-13H,5-10H2,1-4H3,(H,17,19). The van der Waals surface area contributed by atoms with E-state index in [4.69, 9.17) is 0 Å². The van der Waals surface area contributed by atoms with Crippen LogP contribution in [0.2, 0.25) is 0 Å². The Morgan fingerprint density at radius 3 is 2.48 bits per heavy atom. The first-order chi connectivity index (χ1) is 9.92. The van der Waals surface area contributed by atoms with Crippen LogP contribution in [0, 0.1) is 5.92 Å². The summed E-state index contributed by atoms with van der Waals surface area (Å²) in [4.78, 5) is 27.0. The third kappa shape index (κ3) is 3.38. The van der Waals surface area contributed by atoms with Crippen molar-refractivity contribution < 1.29 is 9.59 Å². The first-order valence-electron chi connectivity index (χ1n) is 8.08. The Morgan fingerprint density at radius 1 is 1.38 bits per heavy atom. The summed E-state index contributed by atoms with van der Waals surface area (Å²) < 4.78 is 0.184. The number of hydrogen-bond acceptors (Lipinski definition) is 3. The second-order valence-electron chi connectivity index (χ2n) is 6.82. The van der Waals surface area contributed by atoms with E-state index in [0.717, 1.165) is 25.8 Å². The molecule has 2 fully saturated rings. The van der Waals surface area contributed by atoms with Crippen LogP contribution in [-0.4, -0.2) is 46.3 Å². The maximum Gasteiger partial charge on any atom is 0.245 e. The summed E-state index contributed by atoms with van der Waals surface area (Å²) in [6.07, 6.45) is 7.09. The fraction of sp³-hybridized carbons (Fsp3) is 0.875. The number of carbonyl (C=O) groups excluding carboxylic acids is 2. The monoisotopic (exact) mass is 312 g/mol. The van der Waals surface area contributed by atoms with Crippen LogP contribution >= 0.6 is 11.8 Å². The third-order valence-electron chi connectivity index (χ3n) is 4.83. The average molecular weight is 312 g/mol. The van der Waals surface area contributed by atoms with Crippen LogP contribution in [0.25, 0.3) is 0 Å². The molecule has 21 heavy (non-hydrogen) atoms. The van der Waals surface area contributed by atoms with Gasteiger partial charge in [0.05, 0.1) is 0 Å². The molecule has 1 saturated heterocycles. The zero-order chi connectivity index (χ0) is 15.6. The summed E-state index contributed by atoms with van der Waals surface area (Å²) in [5.74, 6) is 0.547. The Bertz CT molecular complexity index is 402. The van der Waals surface area contributed by atoms with Gasteiger partial charge in [0, 0.05) is 11.3 Å². The molecule has 2 aliphatic rings. The van der Waals surface area contributed by atoms with Gasteiger partial charge in [0.25, 0.3) is 0 Å². The van der Waals surface area contributed by atoms with Crippen LogP contribution in [0.4, 0.5) is 0 Å². The topological polar surface area (TPSA) is 49.4 Å². The minimum Gasteiger partial charge on any atom is -0.342 e. The lowest BCUT2D eigenvalue weighted by molar-refractivity contribution is -0.150. The van der Waals surface area contributed by atoms with E-state index in [0.29, 0.717) is 12.3 Å². The number of hydrogen-bond donors (Lipinski definition) is 1. The zero-order valence-corrected chi connectivity index (χ0v) is 14.5. The van der Waals surface area contributed by atoms with E-state index in [1.165, 1.54) is 6.42 Å². The van der Waals surface area contributed by atoms with Gasteiger partial charge < -0.3 is 10.2 Å². The Morgan fingerprint density at radius 2 is 2.05 bits per heavy atom.